The van der Waals surface area contributed by atoms with Gasteiger partial charge >= 0.3 is 5.97 Å². The van der Waals surface area contributed by atoms with Gasteiger partial charge in [-0.3, -0.25) is 4.79 Å². The molecule has 0 aromatic rings. The zero-order chi connectivity index (χ0) is 19.3. The van der Waals surface area contributed by atoms with E-state index in [9.17, 15) is 4.79 Å². The van der Waals surface area contributed by atoms with Crippen LogP contribution in [0.15, 0.2) is 11.6 Å². The van der Waals surface area contributed by atoms with Gasteiger partial charge in [0.2, 0.25) is 0 Å². The van der Waals surface area contributed by atoms with Gasteiger partial charge in [0, 0.05) is 19.1 Å². The average Bonchev–Trinajstić information content (AvgIpc) is 3.25. The van der Waals surface area contributed by atoms with Crippen LogP contribution in [0, 0.1) is 17.8 Å². The molecular formula is C22H34O6. The van der Waals surface area contributed by atoms with Crippen molar-refractivity contribution in [2.24, 2.45) is 17.8 Å². The van der Waals surface area contributed by atoms with Gasteiger partial charge in [0.1, 0.15) is 0 Å². The first-order chi connectivity index (χ1) is 13.7. The van der Waals surface area contributed by atoms with Crippen LogP contribution in [0.4, 0.5) is 0 Å². The molecule has 0 bridgehead atoms. The smallest absolute Gasteiger partial charge is 0.309 e. The molecule has 158 valence electrons. The van der Waals surface area contributed by atoms with Crippen LogP contribution in [-0.2, 0) is 28.5 Å². The molecule has 6 nitrogen and oxygen atoms in total. The van der Waals surface area contributed by atoms with Crippen molar-refractivity contribution in [2.45, 2.75) is 76.5 Å². The summed E-state index contributed by atoms with van der Waals surface area (Å²) in [6.45, 7) is 2.25. The second-order valence-corrected chi connectivity index (χ2v) is 8.61. The summed E-state index contributed by atoms with van der Waals surface area (Å²) >= 11 is 0. The van der Waals surface area contributed by atoms with E-state index in [1.54, 1.807) is 0 Å². The molecule has 6 atom stereocenters. The van der Waals surface area contributed by atoms with Crippen molar-refractivity contribution in [3.8, 4) is 0 Å². The Morgan fingerprint density at radius 3 is 2.54 bits per heavy atom. The fourth-order valence-corrected chi connectivity index (χ4v) is 5.23. The highest BCUT2D eigenvalue weighted by Crippen LogP contribution is 2.49. The maximum absolute atomic E-state index is 11.7. The molecule has 2 aliphatic heterocycles. The fourth-order valence-electron chi connectivity index (χ4n) is 5.23. The van der Waals surface area contributed by atoms with Gasteiger partial charge in [-0.2, -0.15) is 0 Å². The first-order valence-electron chi connectivity index (χ1n) is 11.0. The summed E-state index contributed by atoms with van der Waals surface area (Å²) in [4.78, 5) is 11.7. The molecule has 0 radical (unpaired) electrons. The zero-order valence-corrected chi connectivity index (χ0v) is 17.0. The first kappa shape index (κ1) is 20.3. The van der Waals surface area contributed by atoms with Gasteiger partial charge in [-0.1, -0.05) is 11.6 Å². The third kappa shape index (κ3) is 4.96. The number of hydrogen-bond acceptors (Lipinski definition) is 6. The second kappa shape index (κ2) is 9.70. The van der Waals surface area contributed by atoms with Gasteiger partial charge in [0.05, 0.1) is 26.2 Å². The lowest BCUT2D eigenvalue weighted by atomic mass is 9.90. The van der Waals surface area contributed by atoms with Gasteiger partial charge in [0.15, 0.2) is 12.6 Å². The maximum atomic E-state index is 11.7. The summed E-state index contributed by atoms with van der Waals surface area (Å²) in [7, 11) is 1.45. The van der Waals surface area contributed by atoms with Crippen molar-refractivity contribution >= 4 is 5.97 Å². The van der Waals surface area contributed by atoms with Crippen LogP contribution < -0.4 is 0 Å². The van der Waals surface area contributed by atoms with Gasteiger partial charge in [-0.15, -0.1) is 0 Å². The quantitative estimate of drug-likeness (QED) is 0.486. The van der Waals surface area contributed by atoms with Crippen LogP contribution in [0.1, 0.15) is 57.8 Å². The van der Waals surface area contributed by atoms with Gasteiger partial charge in [-0.05, 0) is 63.2 Å². The normalized spacial score (nSPS) is 38.1. The highest BCUT2D eigenvalue weighted by molar-refractivity contribution is 5.72. The number of carbonyl (C=O) groups excluding carboxylic acids is 1. The molecular weight excluding hydrogens is 360 g/mol. The van der Waals surface area contributed by atoms with E-state index in [2.05, 4.69) is 6.08 Å². The molecule has 2 saturated heterocycles. The van der Waals surface area contributed by atoms with E-state index in [0.29, 0.717) is 30.8 Å². The van der Waals surface area contributed by atoms with E-state index < -0.39 is 0 Å². The van der Waals surface area contributed by atoms with Crippen LogP contribution in [0.3, 0.4) is 0 Å². The summed E-state index contributed by atoms with van der Waals surface area (Å²) in [5, 5.41) is 0. The number of rotatable bonds is 7. The zero-order valence-electron chi connectivity index (χ0n) is 17.0. The molecule has 0 spiro atoms. The standard InChI is InChI=1S/C22H34O6/c1-24-20(23)12-15-10-16-13-19(28-22-7-3-5-9-26-22)18(17(16)11-15)14-27-21-6-2-4-8-25-21/h10,16-19,21-22H,2-9,11-14H2,1H3/t16-,17-,18+,19+,21?,22?/m0/s1. The Morgan fingerprint density at radius 2 is 1.86 bits per heavy atom. The van der Waals surface area contributed by atoms with Crippen LogP contribution >= 0.6 is 0 Å². The third-order valence-electron chi connectivity index (χ3n) is 6.71. The molecule has 0 aromatic carbocycles. The van der Waals surface area contributed by atoms with Gasteiger partial charge < -0.3 is 23.7 Å². The van der Waals surface area contributed by atoms with Crippen LogP contribution in [-0.4, -0.2) is 51.6 Å². The lowest BCUT2D eigenvalue weighted by molar-refractivity contribution is -0.211. The van der Waals surface area contributed by atoms with E-state index in [1.165, 1.54) is 25.5 Å². The first-order valence-corrected chi connectivity index (χ1v) is 11.0. The molecule has 4 aliphatic rings. The molecule has 2 unspecified atom stereocenters. The van der Waals surface area contributed by atoms with E-state index in [1.807, 2.05) is 0 Å². The Bertz CT molecular complexity index is 549. The summed E-state index contributed by atoms with van der Waals surface area (Å²) in [5.41, 5.74) is 1.20. The Labute approximate surface area is 167 Å². The average molecular weight is 395 g/mol. The Kier molecular flexibility index (Phi) is 7.04. The number of esters is 1. The minimum atomic E-state index is -0.155. The number of allylic oxidation sites excluding steroid dienone is 1. The molecule has 0 aromatic heterocycles. The Hall–Kier alpha value is -0.950. The van der Waals surface area contributed by atoms with E-state index >= 15 is 0 Å². The third-order valence-corrected chi connectivity index (χ3v) is 6.71. The molecule has 2 heterocycles. The Morgan fingerprint density at radius 1 is 1.11 bits per heavy atom. The molecule has 0 N–H and O–H groups in total. The summed E-state index contributed by atoms with van der Waals surface area (Å²) in [5.74, 6) is 1.08. The summed E-state index contributed by atoms with van der Waals surface area (Å²) in [6.07, 6.45) is 11.1. The summed E-state index contributed by atoms with van der Waals surface area (Å²) < 4.78 is 29.0. The monoisotopic (exact) mass is 394 g/mol. The van der Waals surface area contributed by atoms with Crippen LogP contribution in [0.5, 0.6) is 0 Å². The van der Waals surface area contributed by atoms with Crippen molar-refractivity contribution in [1.29, 1.82) is 0 Å². The maximum Gasteiger partial charge on any atom is 0.309 e. The van der Waals surface area contributed by atoms with Gasteiger partial charge in [0.25, 0.3) is 0 Å². The van der Waals surface area contributed by atoms with Crippen molar-refractivity contribution < 1.29 is 28.5 Å². The molecule has 0 amide bonds. The number of ether oxygens (including phenoxy) is 5. The molecule has 4 rings (SSSR count). The van der Waals surface area contributed by atoms with E-state index in [4.69, 9.17) is 23.7 Å². The second-order valence-electron chi connectivity index (χ2n) is 8.61. The van der Waals surface area contributed by atoms with Crippen molar-refractivity contribution in [3.63, 3.8) is 0 Å². The van der Waals surface area contributed by atoms with E-state index in [0.717, 1.165) is 51.7 Å². The fraction of sp³-hybridized carbons (Fsp3) is 0.864. The van der Waals surface area contributed by atoms with Crippen LogP contribution in [0.2, 0.25) is 0 Å². The highest BCUT2D eigenvalue weighted by Gasteiger charge is 2.47. The molecule has 1 saturated carbocycles. The number of carbonyl (C=O) groups is 1. The molecule has 6 heteroatoms. The SMILES string of the molecule is COC(=O)CC1=C[C@H]2C[C@@H](OC3CCCCO3)[C@H](COC3CCCCO3)[C@H]2C1. The Balaban J connectivity index is 1.38. The highest BCUT2D eigenvalue weighted by atomic mass is 16.7. The number of methoxy groups -OCH3 is 1. The molecule has 2 aliphatic carbocycles. The number of hydrogen-bond donors (Lipinski definition) is 0. The minimum Gasteiger partial charge on any atom is -0.469 e. The van der Waals surface area contributed by atoms with Crippen molar-refractivity contribution in [3.05, 3.63) is 11.6 Å². The van der Waals surface area contributed by atoms with Crippen LogP contribution in [0.25, 0.3) is 0 Å². The molecule has 28 heavy (non-hydrogen) atoms. The largest absolute Gasteiger partial charge is 0.469 e. The van der Waals surface area contributed by atoms with Crippen molar-refractivity contribution in [1.82, 2.24) is 0 Å². The predicted octanol–water partition coefficient (Wildman–Crippen LogP) is 3.59. The molecule has 3 fully saturated rings. The topological polar surface area (TPSA) is 63.2 Å². The minimum absolute atomic E-state index is 0.0791. The number of fused-ring (bicyclic) bond motifs is 1. The van der Waals surface area contributed by atoms with Crippen molar-refractivity contribution in [2.75, 3.05) is 26.9 Å². The van der Waals surface area contributed by atoms with Gasteiger partial charge in [-0.25, -0.2) is 0 Å². The lowest BCUT2D eigenvalue weighted by Crippen LogP contribution is -2.35. The summed E-state index contributed by atoms with van der Waals surface area (Å²) in [6, 6.07) is 0. The lowest BCUT2D eigenvalue weighted by Gasteiger charge is -2.32. The predicted molar refractivity (Wildman–Crippen MR) is 102 cm³/mol. The van der Waals surface area contributed by atoms with E-state index in [-0.39, 0.29) is 24.7 Å².